The van der Waals surface area contributed by atoms with Crippen LogP contribution in [0.2, 0.25) is 0 Å². The average molecular weight is 527 g/mol. The summed E-state index contributed by atoms with van der Waals surface area (Å²) in [6.45, 7) is 2.80. The highest BCUT2D eigenvalue weighted by atomic mass is 16.5. The number of unbranched alkanes of at least 4 members (excludes halogenated alkanes) is 9. The molecule has 0 saturated carbocycles. The first kappa shape index (κ1) is 30.0. The number of allylic oxidation sites excluding steroid dienone is 1. The van der Waals surface area contributed by atoms with Gasteiger partial charge in [-0.05, 0) is 41.7 Å². The fraction of sp³-hybridized carbons (Fsp3) is 0.400. The van der Waals surface area contributed by atoms with E-state index in [-0.39, 0.29) is 5.78 Å². The highest BCUT2D eigenvalue weighted by Gasteiger charge is 2.03. The Hall–Kier alpha value is -3.53. The van der Waals surface area contributed by atoms with Gasteiger partial charge in [-0.2, -0.15) is 0 Å². The molecule has 4 N–H and O–H groups in total. The van der Waals surface area contributed by atoms with Crippen LogP contribution in [-0.2, 0) is 12.8 Å². The number of anilines is 2. The van der Waals surface area contributed by atoms with E-state index < -0.39 is 0 Å². The maximum atomic E-state index is 12.6. The van der Waals surface area contributed by atoms with Gasteiger partial charge in [0, 0.05) is 35.5 Å². The number of hydrogen-bond donors (Lipinski definition) is 2. The van der Waals surface area contributed by atoms with Gasteiger partial charge in [-0.25, -0.2) is 0 Å². The minimum atomic E-state index is 0.0272. The number of hydrogen-bond acceptors (Lipinski definition) is 4. The lowest BCUT2D eigenvalue weighted by Crippen LogP contribution is -2.02. The fourth-order valence-electron chi connectivity index (χ4n) is 4.73. The summed E-state index contributed by atoms with van der Waals surface area (Å²) < 4.78 is 5.77. The lowest BCUT2D eigenvalue weighted by molar-refractivity contribution is 0.104. The summed E-state index contributed by atoms with van der Waals surface area (Å²) in [4.78, 5) is 12.6. The molecule has 0 amide bonds. The molecular formula is C35H46N2O2. The zero-order chi connectivity index (χ0) is 27.7. The third-order valence-corrected chi connectivity index (χ3v) is 7.07. The number of ketones is 1. The van der Waals surface area contributed by atoms with Crippen LogP contribution in [0.4, 0.5) is 11.4 Å². The predicted octanol–water partition coefficient (Wildman–Crippen LogP) is 8.83. The molecule has 0 heterocycles. The molecule has 3 aromatic carbocycles. The van der Waals surface area contributed by atoms with Crippen molar-refractivity contribution in [1.82, 2.24) is 0 Å². The largest absolute Gasteiger partial charge is 0.493 e. The molecule has 0 fully saturated rings. The molecule has 0 bridgehead atoms. The van der Waals surface area contributed by atoms with Gasteiger partial charge >= 0.3 is 0 Å². The molecule has 0 aliphatic heterocycles. The molecule has 0 aliphatic rings. The maximum absolute atomic E-state index is 12.6. The summed E-state index contributed by atoms with van der Waals surface area (Å²) in [7, 11) is 0. The van der Waals surface area contributed by atoms with E-state index in [1.807, 2.05) is 30.3 Å². The molecule has 0 aliphatic carbocycles. The summed E-state index contributed by atoms with van der Waals surface area (Å²) in [5.41, 5.74) is 17.0. The number of rotatable bonds is 18. The topological polar surface area (TPSA) is 78.3 Å². The highest BCUT2D eigenvalue weighted by molar-refractivity contribution is 6.06. The van der Waals surface area contributed by atoms with Gasteiger partial charge in [0.2, 0.25) is 0 Å². The molecule has 0 aromatic heterocycles. The molecule has 4 heteroatoms. The molecule has 3 rings (SSSR count). The summed E-state index contributed by atoms with van der Waals surface area (Å²) in [6.07, 6.45) is 18.9. The third-order valence-electron chi connectivity index (χ3n) is 7.07. The number of benzene rings is 3. The van der Waals surface area contributed by atoms with E-state index in [4.69, 9.17) is 16.2 Å². The number of nitrogen functional groups attached to an aromatic ring is 2. The molecule has 39 heavy (non-hydrogen) atoms. The molecule has 0 spiro atoms. The van der Waals surface area contributed by atoms with Crippen LogP contribution < -0.4 is 16.2 Å². The molecule has 3 aromatic rings. The van der Waals surface area contributed by atoms with E-state index in [1.54, 1.807) is 24.3 Å². The first-order valence-corrected chi connectivity index (χ1v) is 14.7. The minimum absolute atomic E-state index is 0.0272. The number of carbonyl (C=O) groups is 1. The molecule has 0 radical (unpaired) electrons. The summed E-state index contributed by atoms with van der Waals surface area (Å²) in [5.74, 6) is 0.705. The third kappa shape index (κ3) is 11.8. The summed E-state index contributed by atoms with van der Waals surface area (Å²) >= 11 is 0. The second-order valence-electron chi connectivity index (χ2n) is 10.5. The predicted molar refractivity (Wildman–Crippen MR) is 166 cm³/mol. The Morgan fingerprint density at radius 2 is 1.23 bits per heavy atom. The van der Waals surface area contributed by atoms with Crippen molar-refractivity contribution < 1.29 is 9.53 Å². The fourth-order valence-corrected chi connectivity index (χ4v) is 4.73. The van der Waals surface area contributed by atoms with Crippen LogP contribution >= 0.6 is 0 Å². The van der Waals surface area contributed by atoms with Crippen molar-refractivity contribution in [3.63, 3.8) is 0 Å². The Morgan fingerprint density at radius 3 is 1.85 bits per heavy atom. The lowest BCUT2D eigenvalue weighted by Gasteiger charge is -2.08. The van der Waals surface area contributed by atoms with Crippen LogP contribution in [0.25, 0.3) is 6.08 Å². The Bertz CT molecular complexity index is 1130. The van der Waals surface area contributed by atoms with Gasteiger partial charge in [0.05, 0.1) is 6.61 Å². The number of nitrogens with two attached hydrogens (primary N) is 2. The molecule has 0 unspecified atom stereocenters. The van der Waals surface area contributed by atoms with Gasteiger partial charge in [-0.15, -0.1) is 0 Å². The second-order valence-corrected chi connectivity index (χ2v) is 10.5. The first-order chi connectivity index (χ1) is 19.0. The molecule has 0 saturated heterocycles. The smallest absolute Gasteiger partial charge is 0.185 e. The van der Waals surface area contributed by atoms with Gasteiger partial charge in [0.25, 0.3) is 0 Å². The SMILES string of the molecule is CCCCCCCCCCCCc1ccc(C(=O)C=Cc2ccc(CCOc3cc(N)cc(N)c3)cc2)cc1. The number of carbonyl (C=O) groups excluding carboxylic acids is 1. The lowest BCUT2D eigenvalue weighted by atomic mass is 10.0. The average Bonchev–Trinajstić information content (AvgIpc) is 2.93. The first-order valence-electron chi connectivity index (χ1n) is 14.7. The Balaban J connectivity index is 1.33. The van der Waals surface area contributed by atoms with Gasteiger partial charge in [-0.1, -0.05) is 119 Å². The Labute approximate surface area is 235 Å². The van der Waals surface area contributed by atoms with E-state index in [0.29, 0.717) is 23.7 Å². The van der Waals surface area contributed by atoms with E-state index in [1.165, 1.54) is 69.8 Å². The standard InChI is InChI=1S/C35H46N2O2/c1-2-3-4-5-6-7-8-9-10-11-12-28-17-20-31(21-18-28)35(38)22-19-29-13-15-30(16-14-29)23-24-39-34-26-32(36)25-33(37)27-34/h13-22,25-27H,2-12,23-24,36-37H2,1H3. The van der Waals surface area contributed by atoms with Crippen molar-refractivity contribution in [3.8, 4) is 5.75 Å². The monoisotopic (exact) mass is 526 g/mol. The zero-order valence-corrected chi connectivity index (χ0v) is 23.7. The Morgan fingerprint density at radius 1 is 0.692 bits per heavy atom. The zero-order valence-electron chi connectivity index (χ0n) is 23.7. The van der Waals surface area contributed by atoms with E-state index >= 15 is 0 Å². The number of ether oxygens (including phenoxy) is 1. The van der Waals surface area contributed by atoms with Gasteiger partial charge in [0.15, 0.2) is 5.78 Å². The molecule has 0 atom stereocenters. The minimum Gasteiger partial charge on any atom is -0.493 e. The van der Waals surface area contributed by atoms with E-state index in [9.17, 15) is 4.79 Å². The van der Waals surface area contributed by atoms with Crippen molar-refractivity contribution in [2.45, 2.75) is 84.0 Å². The van der Waals surface area contributed by atoms with Gasteiger partial charge in [0.1, 0.15) is 5.75 Å². The van der Waals surface area contributed by atoms with Gasteiger partial charge < -0.3 is 16.2 Å². The van der Waals surface area contributed by atoms with Crippen LogP contribution in [0.15, 0.2) is 72.8 Å². The van der Waals surface area contributed by atoms with Crippen molar-refractivity contribution in [2.24, 2.45) is 0 Å². The number of aryl methyl sites for hydroxylation is 1. The van der Waals surface area contributed by atoms with Crippen molar-refractivity contribution >= 4 is 23.2 Å². The summed E-state index contributed by atoms with van der Waals surface area (Å²) in [6, 6.07) is 21.5. The van der Waals surface area contributed by atoms with Crippen LogP contribution in [-0.4, -0.2) is 12.4 Å². The molecule has 208 valence electrons. The van der Waals surface area contributed by atoms with Gasteiger partial charge in [-0.3, -0.25) is 4.79 Å². The normalized spacial score (nSPS) is 11.2. The van der Waals surface area contributed by atoms with Crippen LogP contribution in [0.5, 0.6) is 5.75 Å². The van der Waals surface area contributed by atoms with Crippen LogP contribution in [0, 0.1) is 0 Å². The quantitative estimate of drug-likeness (QED) is 0.0751. The molecule has 4 nitrogen and oxygen atoms in total. The van der Waals surface area contributed by atoms with Crippen molar-refractivity contribution in [2.75, 3.05) is 18.1 Å². The Kier molecular flexibility index (Phi) is 13.2. The maximum Gasteiger partial charge on any atom is 0.185 e. The van der Waals surface area contributed by atoms with Crippen molar-refractivity contribution in [3.05, 3.63) is 95.1 Å². The van der Waals surface area contributed by atoms with E-state index in [0.717, 1.165) is 29.5 Å². The molecular weight excluding hydrogens is 480 g/mol. The summed E-state index contributed by atoms with van der Waals surface area (Å²) in [5, 5.41) is 0. The van der Waals surface area contributed by atoms with E-state index in [2.05, 4.69) is 31.2 Å². The van der Waals surface area contributed by atoms with Crippen molar-refractivity contribution in [1.29, 1.82) is 0 Å². The van der Waals surface area contributed by atoms with Crippen LogP contribution in [0.3, 0.4) is 0 Å². The second kappa shape index (κ2) is 17.1. The highest BCUT2D eigenvalue weighted by Crippen LogP contribution is 2.20. The van der Waals surface area contributed by atoms with Crippen LogP contribution in [0.1, 0.15) is 98.2 Å².